The third-order valence-electron chi connectivity index (χ3n) is 2.64. The number of carbonyl (C=O) groups is 1. The lowest BCUT2D eigenvalue weighted by Gasteiger charge is -2.07. The van der Waals surface area contributed by atoms with E-state index in [-0.39, 0.29) is 5.69 Å². The zero-order valence-electron chi connectivity index (χ0n) is 9.69. The first-order valence-electron chi connectivity index (χ1n) is 5.83. The summed E-state index contributed by atoms with van der Waals surface area (Å²) in [6.07, 6.45) is 4.17. The number of anilines is 1. The van der Waals surface area contributed by atoms with E-state index in [0.717, 1.165) is 24.8 Å². The van der Waals surface area contributed by atoms with Crippen LogP contribution in [0.5, 0.6) is 0 Å². The third-order valence-corrected chi connectivity index (χ3v) is 2.64. The number of pyridine rings is 1. The van der Waals surface area contributed by atoms with Crippen LogP contribution in [0.25, 0.3) is 0 Å². The summed E-state index contributed by atoms with van der Waals surface area (Å²) in [7, 11) is 0. The topological polar surface area (TPSA) is 77.2 Å². The molecule has 5 nitrogen and oxygen atoms in total. The lowest BCUT2D eigenvalue weighted by Crippen LogP contribution is -2.14. The fourth-order valence-electron chi connectivity index (χ4n) is 1.48. The molecule has 0 radical (unpaired) electrons. The average Bonchev–Trinajstić information content (AvgIpc) is 3.13. The van der Waals surface area contributed by atoms with Gasteiger partial charge in [0.05, 0.1) is 6.61 Å². The molecule has 1 aliphatic carbocycles. The number of rotatable bonds is 7. The number of primary amides is 1. The van der Waals surface area contributed by atoms with E-state index in [1.807, 2.05) is 0 Å². The maximum atomic E-state index is 10.9. The Kier molecular flexibility index (Phi) is 3.93. The van der Waals surface area contributed by atoms with Crippen LogP contribution in [0.1, 0.15) is 23.3 Å². The maximum absolute atomic E-state index is 10.9. The molecule has 0 saturated heterocycles. The normalized spacial score (nSPS) is 14.6. The van der Waals surface area contributed by atoms with Crippen LogP contribution < -0.4 is 11.1 Å². The maximum Gasteiger partial charge on any atom is 0.267 e. The number of amides is 1. The van der Waals surface area contributed by atoms with E-state index in [1.165, 1.54) is 12.8 Å². The Morgan fingerprint density at radius 3 is 3.12 bits per heavy atom. The van der Waals surface area contributed by atoms with Crippen molar-refractivity contribution in [2.45, 2.75) is 12.8 Å². The number of aromatic nitrogens is 1. The number of hydrogen-bond acceptors (Lipinski definition) is 4. The second kappa shape index (κ2) is 5.63. The van der Waals surface area contributed by atoms with Crippen LogP contribution in [-0.2, 0) is 4.74 Å². The molecule has 1 aromatic rings. The molecule has 3 N–H and O–H groups in total. The molecule has 0 aliphatic heterocycles. The molecular formula is C12H17N3O2. The van der Waals surface area contributed by atoms with Gasteiger partial charge in [0.1, 0.15) is 5.69 Å². The molecule has 0 atom stereocenters. The van der Waals surface area contributed by atoms with E-state index in [1.54, 1.807) is 18.3 Å². The standard InChI is InChI=1S/C12H17N3O2/c13-12(16)11-7-10(3-4-15-11)14-5-6-17-8-9-1-2-9/h3-4,7,9H,1-2,5-6,8H2,(H2,13,16)(H,14,15). The van der Waals surface area contributed by atoms with Crippen molar-refractivity contribution in [2.75, 3.05) is 25.1 Å². The Labute approximate surface area is 100 Å². The van der Waals surface area contributed by atoms with Crippen molar-refractivity contribution in [3.05, 3.63) is 24.0 Å². The highest BCUT2D eigenvalue weighted by Crippen LogP contribution is 2.28. The zero-order chi connectivity index (χ0) is 12.1. The van der Waals surface area contributed by atoms with Crippen LogP contribution in [0.15, 0.2) is 18.3 Å². The van der Waals surface area contributed by atoms with Gasteiger partial charge in [0, 0.05) is 25.0 Å². The summed E-state index contributed by atoms with van der Waals surface area (Å²) < 4.78 is 5.49. The Balaban J connectivity index is 1.70. The molecule has 1 amide bonds. The summed E-state index contributed by atoms with van der Waals surface area (Å²) in [5.74, 6) is 0.274. The third kappa shape index (κ3) is 4.03. The van der Waals surface area contributed by atoms with Gasteiger partial charge < -0.3 is 15.8 Å². The van der Waals surface area contributed by atoms with Gasteiger partial charge in [-0.15, -0.1) is 0 Å². The van der Waals surface area contributed by atoms with Crippen LogP contribution >= 0.6 is 0 Å². The van der Waals surface area contributed by atoms with Crippen molar-refractivity contribution in [3.8, 4) is 0 Å². The summed E-state index contributed by atoms with van der Waals surface area (Å²) in [4.78, 5) is 14.8. The van der Waals surface area contributed by atoms with Gasteiger partial charge >= 0.3 is 0 Å². The first-order valence-corrected chi connectivity index (χ1v) is 5.83. The van der Waals surface area contributed by atoms with Crippen molar-refractivity contribution in [1.29, 1.82) is 0 Å². The fraction of sp³-hybridized carbons (Fsp3) is 0.500. The minimum Gasteiger partial charge on any atom is -0.383 e. The van der Waals surface area contributed by atoms with Crippen LogP contribution in [0.2, 0.25) is 0 Å². The zero-order valence-corrected chi connectivity index (χ0v) is 9.69. The first-order chi connectivity index (χ1) is 8.25. The van der Waals surface area contributed by atoms with E-state index < -0.39 is 5.91 Å². The van der Waals surface area contributed by atoms with Crippen molar-refractivity contribution in [2.24, 2.45) is 11.7 Å². The van der Waals surface area contributed by atoms with Gasteiger partial charge in [0.25, 0.3) is 5.91 Å². The monoisotopic (exact) mass is 235 g/mol. The second-order valence-electron chi connectivity index (χ2n) is 4.24. The molecule has 92 valence electrons. The first kappa shape index (κ1) is 11.9. The molecule has 1 saturated carbocycles. The molecule has 0 bridgehead atoms. The predicted octanol–water partition coefficient (Wildman–Crippen LogP) is 1.02. The fourth-order valence-corrected chi connectivity index (χ4v) is 1.48. The number of nitrogens with zero attached hydrogens (tertiary/aromatic N) is 1. The van der Waals surface area contributed by atoms with Gasteiger partial charge in [-0.25, -0.2) is 0 Å². The molecule has 0 spiro atoms. The summed E-state index contributed by atoms with van der Waals surface area (Å²) in [5.41, 5.74) is 6.25. The Morgan fingerprint density at radius 2 is 2.41 bits per heavy atom. The molecule has 0 unspecified atom stereocenters. The van der Waals surface area contributed by atoms with Crippen molar-refractivity contribution >= 4 is 11.6 Å². The van der Waals surface area contributed by atoms with Crippen LogP contribution in [0.3, 0.4) is 0 Å². The number of carbonyl (C=O) groups excluding carboxylic acids is 1. The minimum atomic E-state index is -0.515. The van der Waals surface area contributed by atoms with Crippen molar-refractivity contribution in [3.63, 3.8) is 0 Å². The van der Waals surface area contributed by atoms with E-state index >= 15 is 0 Å². The van der Waals surface area contributed by atoms with Gasteiger partial charge in [-0.3, -0.25) is 9.78 Å². The van der Waals surface area contributed by atoms with E-state index in [0.29, 0.717) is 6.61 Å². The molecule has 5 heteroatoms. The lowest BCUT2D eigenvalue weighted by molar-refractivity contribution is 0.0995. The molecular weight excluding hydrogens is 218 g/mol. The highest BCUT2D eigenvalue weighted by atomic mass is 16.5. The highest BCUT2D eigenvalue weighted by Gasteiger charge is 2.20. The molecule has 0 aromatic carbocycles. The molecule has 2 rings (SSSR count). The summed E-state index contributed by atoms with van der Waals surface area (Å²) >= 11 is 0. The molecule has 1 aromatic heterocycles. The minimum absolute atomic E-state index is 0.272. The van der Waals surface area contributed by atoms with Crippen molar-refractivity contribution < 1.29 is 9.53 Å². The van der Waals surface area contributed by atoms with Gasteiger partial charge in [0.15, 0.2) is 0 Å². The summed E-state index contributed by atoms with van der Waals surface area (Å²) in [6.45, 7) is 2.25. The van der Waals surface area contributed by atoms with Crippen LogP contribution in [-0.4, -0.2) is 30.6 Å². The highest BCUT2D eigenvalue weighted by molar-refractivity contribution is 5.91. The predicted molar refractivity (Wildman–Crippen MR) is 64.8 cm³/mol. The quantitative estimate of drug-likeness (QED) is 0.692. The van der Waals surface area contributed by atoms with E-state index in [9.17, 15) is 4.79 Å². The summed E-state index contributed by atoms with van der Waals surface area (Å²) in [6, 6.07) is 3.44. The van der Waals surface area contributed by atoms with Gasteiger partial charge in [-0.05, 0) is 30.9 Å². The smallest absolute Gasteiger partial charge is 0.267 e. The van der Waals surface area contributed by atoms with Gasteiger partial charge in [0.2, 0.25) is 0 Å². The van der Waals surface area contributed by atoms with E-state index in [4.69, 9.17) is 10.5 Å². The van der Waals surface area contributed by atoms with Crippen LogP contribution in [0.4, 0.5) is 5.69 Å². The molecule has 1 heterocycles. The lowest BCUT2D eigenvalue weighted by atomic mass is 10.3. The molecule has 1 fully saturated rings. The molecule has 1 aliphatic rings. The van der Waals surface area contributed by atoms with E-state index in [2.05, 4.69) is 10.3 Å². The Bertz CT molecular complexity index is 391. The van der Waals surface area contributed by atoms with Crippen LogP contribution in [0, 0.1) is 5.92 Å². The SMILES string of the molecule is NC(=O)c1cc(NCCOCC2CC2)ccn1. The Hall–Kier alpha value is -1.62. The molecule has 17 heavy (non-hydrogen) atoms. The number of nitrogens with one attached hydrogen (secondary N) is 1. The number of nitrogens with two attached hydrogens (primary N) is 1. The largest absolute Gasteiger partial charge is 0.383 e. The van der Waals surface area contributed by atoms with Gasteiger partial charge in [-0.2, -0.15) is 0 Å². The Morgan fingerprint density at radius 1 is 1.59 bits per heavy atom. The van der Waals surface area contributed by atoms with Crippen molar-refractivity contribution in [1.82, 2.24) is 4.98 Å². The number of ether oxygens (including phenoxy) is 1. The average molecular weight is 235 g/mol. The number of hydrogen-bond donors (Lipinski definition) is 2. The van der Waals surface area contributed by atoms with Gasteiger partial charge in [-0.1, -0.05) is 0 Å². The summed E-state index contributed by atoms with van der Waals surface area (Å²) in [5, 5.41) is 3.16. The second-order valence-corrected chi connectivity index (χ2v) is 4.24.